The molecule has 1 spiro atoms. The number of nitrogens with zero attached hydrogens (tertiary/aromatic N) is 5. The van der Waals surface area contributed by atoms with Gasteiger partial charge in [-0.05, 0) is 67.7 Å². The van der Waals surface area contributed by atoms with Gasteiger partial charge in [0.25, 0.3) is 0 Å². The van der Waals surface area contributed by atoms with Crippen molar-refractivity contribution >= 4 is 5.91 Å². The summed E-state index contributed by atoms with van der Waals surface area (Å²) in [5.74, 6) is 2.25. The van der Waals surface area contributed by atoms with Gasteiger partial charge in [0, 0.05) is 70.5 Å². The number of rotatable bonds is 5. The van der Waals surface area contributed by atoms with Gasteiger partial charge in [-0.25, -0.2) is 4.98 Å². The molecule has 1 saturated heterocycles. The van der Waals surface area contributed by atoms with E-state index in [1.807, 2.05) is 31.6 Å². The second-order valence-electron chi connectivity index (χ2n) is 11.0. The first-order valence-electron chi connectivity index (χ1n) is 14.2. The lowest BCUT2D eigenvalue weighted by Gasteiger charge is -2.45. The Morgan fingerprint density at radius 3 is 2.68 bits per heavy atom. The third-order valence-corrected chi connectivity index (χ3v) is 8.40. The first-order chi connectivity index (χ1) is 18.6. The molecule has 0 aliphatic carbocycles. The number of amides is 1. The molecule has 7 heteroatoms. The molecule has 3 aromatic rings. The van der Waals surface area contributed by atoms with Crippen molar-refractivity contribution in [3.05, 3.63) is 78.1 Å². The van der Waals surface area contributed by atoms with Gasteiger partial charge >= 0.3 is 0 Å². The van der Waals surface area contributed by atoms with E-state index in [4.69, 9.17) is 4.74 Å². The minimum absolute atomic E-state index is 0.221. The number of imidazole rings is 1. The quantitative estimate of drug-likeness (QED) is 0.484. The summed E-state index contributed by atoms with van der Waals surface area (Å²) >= 11 is 0. The fourth-order valence-corrected chi connectivity index (χ4v) is 6.12. The lowest BCUT2D eigenvalue weighted by Crippen LogP contribution is -2.48. The molecule has 2 aromatic heterocycles. The Morgan fingerprint density at radius 1 is 1.03 bits per heavy atom. The maximum Gasteiger partial charge on any atom is 0.224 e. The third-order valence-electron chi connectivity index (χ3n) is 8.40. The van der Waals surface area contributed by atoms with E-state index in [0.29, 0.717) is 19.6 Å². The summed E-state index contributed by atoms with van der Waals surface area (Å²) in [6, 6.07) is 12.7. The van der Waals surface area contributed by atoms with E-state index in [0.717, 1.165) is 70.0 Å². The average Bonchev–Trinajstić information content (AvgIpc) is 3.35. The van der Waals surface area contributed by atoms with E-state index < -0.39 is 0 Å². The number of para-hydroxylation sites is 1. The molecule has 4 heterocycles. The number of hydrogen-bond acceptors (Lipinski definition) is 5. The minimum Gasteiger partial charge on any atom is -0.492 e. The number of benzene rings is 1. The van der Waals surface area contributed by atoms with E-state index in [1.165, 1.54) is 24.0 Å². The molecule has 0 radical (unpaired) electrons. The molecule has 0 atom stereocenters. The van der Waals surface area contributed by atoms with Gasteiger partial charge in [0.05, 0.1) is 0 Å². The number of likely N-dealkylation sites (tertiary alicyclic amines) is 1. The van der Waals surface area contributed by atoms with Crippen LogP contribution in [0.25, 0.3) is 0 Å². The first kappa shape index (κ1) is 26.4. The summed E-state index contributed by atoms with van der Waals surface area (Å²) in [4.78, 5) is 26.3. The second-order valence-corrected chi connectivity index (χ2v) is 11.0. The van der Waals surface area contributed by atoms with Crippen LogP contribution in [0.1, 0.15) is 55.5 Å². The standard InChI is InChI=1S/C31H41N5O2/c1-26-33-16-20-35(26)17-11-30(37)36-18-13-31(14-19-36)12-5-4-9-28-8-2-3-10-29(28)38-22-21-34(25-31)24-27-7-6-15-32-23-27/h2-3,6-8,10,15-16,20,23H,4-5,9,11-14,17-19,21-22,24-25H2,1H3. The zero-order valence-electron chi connectivity index (χ0n) is 22.7. The van der Waals surface area contributed by atoms with E-state index in [2.05, 4.69) is 54.7 Å². The third kappa shape index (κ3) is 6.81. The highest BCUT2D eigenvalue weighted by molar-refractivity contribution is 5.76. The molecular formula is C31H41N5O2. The van der Waals surface area contributed by atoms with Gasteiger partial charge in [0.15, 0.2) is 0 Å². The van der Waals surface area contributed by atoms with E-state index in [-0.39, 0.29) is 11.3 Å². The lowest BCUT2D eigenvalue weighted by atomic mass is 9.73. The number of fused-ring (bicyclic) bond motifs is 1. The topological polar surface area (TPSA) is 63.5 Å². The van der Waals surface area contributed by atoms with Crippen molar-refractivity contribution in [2.75, 3.05) is 32.8 Å². The van der Waals surface area contributed by atoms with Crippen molar-refractivity contribution in [2.45, 2.75) is 65.0 Å². The number of hydrogen-bond donors (Lipinski definition) is 0. The molecule has 0 saturated carbocycles. The predicted molar refractivity (Wildman–Crippen MR) is 149 cm³/mol. The van der Waals surface area contributed by atoms with Crippen LogP contribution in [0.5, 0.6) is 5.75 Å². The average molecular weight is 516 g/mol. The molecule has 0 bridgehead atoms. The predicted octanol–water partition coefficient (Wildman–Crippen LogP) is 4.89. The number of aryl methyl sites for hydroxylation is 3. The molecule has 0 unspecified atom stereocenters. The van der Waals surface area contributed by atoms with Gasteiger partial charge in [-0.1, -0.05) is 30.7 Å². The Labute approximate surface area is 226 Å². The molecule has 1 fully saturated rings. The maximum absolute atomic E-state index is 13.1. The van der Waals surface area contributed by atoms with Crippen LogP contribution in [0.2, 0.25) is 0 Å². The van der Waals surface area contributed by atoms with Gasteiger partial charge in [-0.15, -0.1) is 0 Å². The zero-order chi connectivity index (χ0) is 26.2. The molecule has 38 heavy (non-hydrogen) atoms. The Morgan fingerprint density at radius 2 is 1.89 bits per heavy atom. The molecule has 1 amide bonds. The Balaban J connectivity index is 1.26. The van der Waals surface area contributed by atoms with Crippen LogP contribution in [-0.2, 0) is 24.3 Å². The molecule has 1 aromatic carbocycles. The number of carbonyl (C=O) groups excluding carboxylic acids is 1. The highest BCUT2D eigenvalue weighted by atomic mass is 16.5. The van der Waals surface area contributed by atoms with Crippen LogP contribution in [-0.4, -0.2) is 63.0 Å². The molecular weight excluding hydrogens is 474 g/mol. The summed E-state index contributed by atoms with van der Waals surface area (Å²) < 4.78 is 8.36. The normalized spacial score (nSPS) is 18.7. The smallest absolute Gasteiger partial charge is 0.224 e. The Hall–Kier alpha value is -3.19. The summed E-state index contributed by atoms with van der Waals surface area (Å²) in [6.45, 7) is 7.83. The fourth-order valence-electron chi connectivity index (χ4n) is 6.12. The lowest BCUT2D eigenvalue weighted by molar-refractivity contribution is -0.134. The zero-order valence-corrected chi connectivity index (χ0v) is 22.7. The maximum atomic E-state index is 13.1. The van der Waals surface area contributed by atoms with Crippen molar-refractivity contribution in [2.24, 2.45) is 5.41 Å². The van der Waals surface area contributed by atoms with Crippen molar-refractivity contribution in [1.29, 1.82) is 0 Å². The molecule has 7 nitrogen and oxygen atoms in total. The number of aromatic nitrogens is 3. The number of carbonyl (C=O) groups is 1. The Kier molecular flexibility index (Phi) is 8.74. The molecule has 2 aliphatic heterocycles. The van der Waals surface area contributed by atoms with Gasteiger partial charge < -0.3 is 14.2 Å². The van der Waals surface area contributed by atoms with E-state index in [9.17, 15) is 4.79 Å². The van der Waals surface area contributed by atoms with Gasteiger partial charge in [0.2, 0.25) is 5.91 Å². The summed E-state index contributed by atoms with van der Waals surface area (Å²) in [5.41, 5.74) is 2.77. The van der Waals surface area contributed by atoms with Gasteiger partial charge in [-0.2, -0.15) is 0 Å². The van der Waals surface area contributed by atoms with Crippen molar-refractivity contribution in [3.8, 4) is 5.75 Å². The summed E-state index contributed by atoms with van der Waals surface area (Å²) in [5, 5.41) is 0. The SMILES string of the molecule is Cc1nccn1CCC(=O)N1CCC2(CCCCc3ccccc3OCCN(Cc3cccnc3)C2)CC1. The number of ether oxygens (including phenoxy) is 1. The largest absolute Gasteiger partial charge is 0.492 e. The van der Waals surface area contributed by atoms with Crippen LogP contribution in [0.3, 0.4) is 0 Å². The fraction of sp³-hybridized carbons (Fsp3) is 0.516. The van der Waals surface area contributed by atoms with Crippen LogP contribution in [0, 0.1) is 12.3 Å². The monoisotopic (exact) mass is 515 g/mol. The van der Waals surface area contributed by atoms with Crippen molar-refractivity contribution < 1.29 is 9.53 Å². The summed E-state index contributed by atoms with van der Waals surface area (Å²) in [6.07, 6.45) is 14.8. The van der Waals surface area contributed by atoms with Crippen molar-refractivity contribution in [1.82, 2.24) is 24.3 Å². The molecule has 0 N–H and O–H groups in total. The molecule has 202 valence electrons. The van der Waals surface area contributed by atoms with Crippen LogP contribution in [0.4, 0.5) is 0 Å². The van der Waals surface area contributed by atoms with Crippen LogP contribution in [0.15, 0.2) is 61.2 Å². The second kappa shape index (κ2) is 12.6. The van der Waals surface area contributed by atoms with Crippen molar-refractivity contribution in [3.63, 3.8) is 0 Å². The van der Waals surface area contributed by atoms with E-state index in [1.54, 1.807) is 6.20 Å². The summed E-state index contributed by atoms with van der Waals surface area (Å²) in [7, 11) is 0. The van der Waals surface area contributed by atoms with Crippen LogP contribution < -0.4 is 4.74 Å². The molecule has 2 aliphatic rings. The highest BCUT2D eigenvalue weighted by Gasteiger charge is 2.37. The van der Waals surface area contributed by atoms with Crippen LogP contribution >= 0.6 is 0 Å². The van der Waals surface area contributed by atoms with Gasteiger partial charge in [0.1, 0.15) is 18.2 Å². The van der Waals surface area contributed by atoms with Gasteiger partial charge in [-0.3, -0.25) is 14.7 Å². The first-order valence-corrected chi connectivity index (χ1v) is 14.2. The number of piperidine rings is 1. The minimum atomic E-state index is 0.221. The van der Waals surface area contributed by atoms with E-state index >= 15 is 0 Å². The highest BCUT2D eigenvalue weighted by Crippen LogP contribution is 2.39. The molecule has 5 rings (SSSR count). The number of pyridine rings is 1. The Bertz CT molecular complexity index is 1170.